The summed E-state index contributed by atoms with van der Waals surface area (Å²) in [5, 5.41) is 14.6. The number of likely N-dealkylation sites (N-methyl/N-ethyl adjacent to an activating group) is 1. The molecule has 0 aliphatic carbocycles. The highest BCUT2D eigenvalue weighted by atomic mass is 15.3. The summed E-state index contributed by atoms with van der Waals surface area (Å²) in [6.07, 6.45) is 3.81. The summed E-state index contributed by atoms with van der Waals surface area (Å²) < 4.78 is 1.88. The van der Waals surface area contributed by atoms with Gasteiger partial charge >= 0.3 is 0 Å². The lowest BCUT2D eigenvalue weighted by Gasteiger charge is -2.15. The molecule has 7 heteroatoms. The van der Waals surface area contributed by atoms with Crippen molar-refractivity contribution in [3.8, 4) is 22.3 Å². The molecule has 32 heavy (non-hydrogen) atoms. The summed E-state index contributed by atoms with van der Waals surface area (Å²) in [4.78, 5) is 7.08. The Hall–Kier alpha value is -3.58. The van der Waals surface area contributed by atoms with E-state index in [1.54, 1.807) is 0 Å². The molecular formula is C25H31N7. The molecule has 2 aromatic carbocycles. The zero-order valence-corrected chi connectivity index (χ0v) is 19.2. The van der Waals surface area contributed by atoms with Crippen molar-refractivity contribution in [2.45, 2.75) is 6.92 Å². The van der Waals surface area contributed by atoms with Crippen LogP contribution in [0.2, 0.25) is 0 Å². The summed E-state index contributed by atoms with van der Waals surface area (Å²) >= 11 is 0. The summed E-state index contributed by atoms with van der Waals surface area (Å²) in [7, 11) is 5.96. The molecule has 4 rings (SSSR count). The highest BCUT2D eigenvalue weighted by Gasteiger charge is 2.15. The normalized spacial score (nSPS) is 11.2. The van der Waals surface area contributed by atoms with Crippen LogP contribution in [0.4, 0.5) is 17.2 Å². The smallest absolute Gasteiger partial charge is 0.165 e. The Balaban J connectivity index is 1.66. The maximum Gasteiger partial charge on any atom is 0.165 e. The second kappa shape index (κ2) is 9.70. The molecule has 0 radical (unpaired) electrons. The highest BCUT2D eigenvalue weighted by Crippen LogP contribution is 2.32. The first-order valence-electron chi connectivity index (χ1n) is 11.0. The molecule has 0 aliphatic rings. The number of hydrogen-bond acceptors (Lipinski definition) is 6. The van der Waals surface area contributed by atoms with Gasteiger partial charge in [-0.25, -0.2) is 4.98 Å². The quantitative estimate of drug-likeness (QED) is 0.364. The molecule has 0 atom stereocenters. The highest BCUT2D eigenvalue weighted by molar-refractivity contribution is 5.84. The number of nitrogens with zero attached hydrogens (tertiary/aromatic N) is 4. The molecule has 0 bridgehead atoms. The van der Waals surface area contributed by atoms with Crippen LogP contribution in [0.15, 0.2) is 60.9 Å². The molecule has 7 nitrogen and oxygen atoms in total. The van der Waals surface area contributed by atoms with Crippen molar-refractivity contribution in [3.05, 3.63) is 60.9 Å². The Morgan fingerprint density at radius 1 is 0.906 bits per heavy atom. The van der Waals surface area contributed by atoms with Gasteiger partial charge in [-0.15, -0.1) is 0 Å². The molecule has 0 aliphatic heterocycles. The average molecular weight is 430 g/mol. The SMILES string of the molecule is CCN(C)CCNc1cccc(-c2cnn3c(NC)c(-c4ccc(NC)cc4)cnc23)c1. The Morgan fingerprint density at radius 3 is 2.44 bits per heavy atom. The van der Waals surface area contributed by atoms with Crippen LogP contribution in [-0.2, 0) is 0 Å². The summed E-state index contributed by atoms with van der Waals surface area (Å²) in [5.41, 5.74) is 7.19. The largest absolute Gasteiger partial charge is 0.388 e. The Bertz CT molecular complexity index is 1180. The van der Waals surface area contributed by atoms with Gasteiger partial charge in [0.25, 0.3) is 0 Å². The molecule has 0 spiro atoms. The fourth-order valence-electron chi connectivity index (χ4n) is 3.75. The van der Waals surface area contributed by atoms with Crippen molar-refractivity contribution in [1.29, 1.82) is 0 Å². The van der Waals surface area contributed by atoms with Crippen LogP contribution in [0, 0.1) is 0 Å². The summed E-state index contributed by atoms with van der Waals surface area (Å²) in [6, 6.07) is 16.7. The van der Waals surface area contributed by atoms with Crippen LogP contribution in [0.5, 0.6) is 0 Å². The predicted octanol–water partition coefficient (Wildman–Crippen LogP) is 4.51. The summed E-state index contributed by atoms with van der Waals surface area (Å²) in [6.45, 7) is 5.12. The molecule has 3 N–H and O–H groups in total. The molecule has 166 valence electrons. The number of hydrogen-bond donors (Lipinski definition) is 3. The van der Waals surface area contributed by atoms with E-state index < -0.39 is 0 Å². The zero-order chi connectivity index (χ0) is 22.5. The van der Waals surface area contributed by atoms with Crippen LogP contribution in [0.25, 0.3) is 27.9 Å². The van der Waals surface area contributed by atoms with Gasteiger partial charge in [0.2, 0.25) is 0 Å². The fraction of sp³-hybridized carbons (Fsp3) is 0.280. The van der Waals surface area contributed by atoms with Gasteiger partial charge in [0.15, 0.2) is 5.65 Å². The number of anilines is 3. The van der Waals surface area contributed by atoms with Crippen LogP contribution in [0.1, 0.15) is 6.92 Å². The van der Waals surface area contributed by atoms with Crippen molar-refractivity contribution in [1.82, 2.24) is 19.5 Å². The molecule has 0 unspecified atom stereocenters. The molecule has 0 fully saturated rings. The molecule has 0 amide bonds. The molecule has 0 saturated carbocycles. The second-order valence-electron chi connectivity index (χ2n) is 7.79. The van der Waals surface area contributed by atoms with Crippen molar-refractivity contribution in [2.24, 2.45) is 0 Å². The van der Waals surface area contributed by atoms with E-state index in [1.807, 2.05) is 31.0 Å². The van der Waals surface area contributed by atoms with E-state index in [0.717, 1.165) is 64.7 Å². The first kappa shape index (κ1) is 21.6. The fourth-order valence-corrected chi connectivity index (χ4v) is 3.75. The maximum absolute atomic E-state index is 4.79. The predicted molar refractivity (Wildman–Crippen MR) is 135 cm³/mol. The van der Waals surface area contributed by atoms with E-state index in [0.29, 0.717) is 0 Å². The number of fused-ring (bicyclic) bond motifs is 1. The van der Waals surface area contributed by atoms with Crippen molar-refractivity contribution >= 4 is 22.8 Å². The van der Waals surface area contributed by atoms with E-state index >= 15 is 0 Å². The topological polar surface area (TPSA) is 69.5 Å². The van der Waals surface area contributed by atoms with Crippen molar-refractivity contribution in [2.75, 3.05) is 56.7 Å². The van der Waals surface area contributed by atoms with E-state index in [2.05, 4.69) is 88.5 Å². The van der Waals surface area contributed by atoms with Gasteiger partial charge in [-0.05, 0) is 49.0 Å². The van der Waals surface area contributed by atoms with Gasteiger partial charge in [-0.2, -0.15) is 9.61 Å². The van der Waals surface area contributed by atoms with Crippen LogP contribution < -0.4 is 16.0 Å². The first-order valence-corrected chi connectivity index (χ1v) is 11.0. The number of nitrogens with one attached hydrogen (secondary N) is 3. The molecule has 2 aromatic heterocycles. The van der Waals surface area contributed by atoms with Crippen LogP contribution >= 0.6 is 0 Å². The lowest BCUT2D eigenvalue weighted by molar-refractivity contribution is 0.367. The number of aromatic nitrogens is 3. The first-order chi connectivity index (χ1) is 15.6. The van der Waals surface area contributed by atoms with E-state index in [4.69, 9.17) is 4.98 Å². The lowest BCUT2D eigenvalue weighted by atomic mass is 10.1. The van der Waals surface area contributed by atoms with E-state index in [9.17, 15) is 0 Å². The summed E-state index contributed by atoms with van der Waals surface area (Å²) in [5.74, 6) is 0.912. The van der Waals surface area contributed by atoms with Gasteiger partial charge in [-0.3, -0.25) is 0 Å². The Labute approximate surface area is 189 Å². The van der Waals surface area contributed by atoms with Crippen LogP contribution in [0.3, 0.4) is 0 Å². The zero-order valence-electron chi connectivity index (χ0n) is 19.2. The van der Waals surface area contributed by atoms with E-state index in [-0.39, 0.29) is 0 Å². The van der Waals surface area contributed by atoms with Gasteiger partial charge in [0, 0.05) is 55.9 Å². The second-order valence-corrected chi connectivity index (χ2v) is 7.79. The third kappa shape index (κ3) is 4.38. The van der Waals surface area contributed by atoms with Gasteiger partial charge < -0.3 is 20.9 Å². The minimum atomic E-state index is 0.827. The van der Waals surface area contributed by atoms with Crippen LogP contribution in [-0.4, -0.2) is 60.3 Å². The standard InChI is InChI=1S/C25H31N7/c1-5-31(4)14-13-28-21-8-6-7-19(15-21)23-17-30-32-24(27-3)22(16-29-25(23)32)18-9-11-20(26-2)12-10-18/h6-12,15-17,26-28H,5,13-14H2,1-4H3. The minimum absolute atomic E-state index is 0.827. The van der Waals surface area contributed by atoms with Gasteiger partial charge in [0.1, 0.15) is 5.82 Å². The monoisotopic (exact) mass is 429 g/mol. The Kier molecular flexibility index (Phi) is 6.56. The molecule has 2 heterocycles. The van der Waals surface area contributed by atoms with Crippen molar-refractivity contribution < 1.29 is 0 Å². The lowest BCUT2D eigenvalue weighted by Crippen LogP contribution is -2.24. The van der Waals surface area contributed by atoms with Crippen molar-refractivity contribution in [3.63, 3.8) is 0 Å². The number of rotatable bonds is 9. The third-order valence-corrected chi connectivity index (χ3v) is 5.78. The Morgan fingerprint density at radius 2 is 1.72 bits per heavy atom. The molecular weight excluding hydrogens is 398 g/mol. The average Bonchev–Trinajstić information content (AvgIpc) is 3.28. The maximum atomic E-state index is 4.79. The molecule has 4 aromatic rings. The minimum Gasteiger partial charge on any atom is -0.388 e. The third-order valence-electron chi connectivity index (χ3n) is 5.78. The van der Waals surface area contributed by atoms with Gasteiger partial charge in [0.05, 0.1) is 6.20 Å². The van der Waals surface area contributed by atoms with E-state index in [1.165, 1.54) is 0 Å². The number of benzene rings is 2. The molecule has 0 saturated heterocycles. The van der Waals surface area contributed by atoms with Gasteiger partial charge in [-0.1, -0.05) is 31.2 Å².